The van der Waals surface area contributed by atoms with Crippen molar-refractivity contribution in [1.29, 1.82) is 0 Å². The van der Waals surface area contributed by atoms with Crippen molar-refractivity contribution in [2.45, 2.75) is 33.1 Å². The molecule has 0 bridgehead atoms. The molecule has 2 N–H and O–H groups in total. The van der Waals surface area contributed by atoms with Crippen molar-refractivity contribution in [2.75, 3.05) is 11.9 Å². The topological polar surface area (TPSA) is 97.1 Å². The third-order valence-electron chi connectivity index (χ3n) is 4.50. The number of nitrogens with one attached hydrogen (secondary N) is 2. The molecule has 0 saturated carbocycles. The van der Waals surface area contributed by atoms with Gasteiger partial charge in [-0.25, -0.2) is 4.39 Å². The molecular formula is C22H23FN4O3. The molecular weight excluding hydrogens is 387 g/mol. The van der Waals surface area contributed by atoms with E-state index < -0.39 is 11.7 Å². The van der Waals surface area contributed by atoms with E-state index in [1.54, 1.807) is 31.2 Å². The average molecular weight is 410 g/mol. The molecule has 7 nitrogen and oxygen atoms in total. The van der Waals surface area contributed by atoms with Crippen molar-refractivity contribution in [2.24, 2.45) is 0 Å². The molecule has 30 heavy (non-hydrogen) atoms. The zero-order valence-corrected chi connectivity index (χ0v) is 17.0. The summed E-state index contributed by atoms with van der Waals surface area (Å²) in [5.41, 5.74) is 1.21. The van der Waals surface area contributed by atoms with Crippen LogP contribution in [0.25, 0.3) is 0 Å². The summed E-state index contributed by atoms with van der Waals surface area (Å²) < 4.78 is 19.1. The highest BCUT2D eigenvalue weighted by atomic mass is 19.1. The van der Waals surface area contributed by atoms with E-state index in [-0.39, 0.29) is 29.5 Å². The Kier molecular flexibility index (Phi) is 6.56. The molecule has 156 valence electrons. The van der Waals surface area contributed by atoms with Crippen LogP contribution in [0.4, 0.5) is 10.1 Å². The van der Waals surface area contributed by atoms with Gasteiger partial charge in [0.05, 0.1) is 16.8 Å². The van der Waals surface area contributed by atoms with E-state index in [4.69, 9.17) is 4.52 Å². The summed E-state index contributed by atoms with van der Waals surface area (Å²) in [5, 5.41) is 9.33. The van der Waals surface area contributed by atoms with Crippen LogP contribution in [0.3, 0.4) is 0 Å². The summed E-state index contributed by atoms with van der Waals surface area (Å²) in [4.78, 5) is 29.5. The molecule has 0 aliphatic carbocycles. The first kappa shape index (κ1) is 21.2. The summed E-state index contributed by atoms with van der Waals surface area (Å²) in [6.07, 6.45) is 0.383. The van der Waals surface area contributed by atoms with Crippen molar-refractivity contribution < 1.29 is 18.5 Å². The van der Waals surface area contributed by atoms with Gasteiger partial charge in [0.2, 0.25) is 5.89 Å². The summed E-state index contributed by atoms with van der Waals surface area (Å²) in [5.74, 6) is -0.404. The number of nitrogens with zero attached hydrogens (tertiary/aromatic N) is 2. The van der Waals surface area contributed by atoms with Crippen LogP contribution in [-0.4, -0.2) is 28.5 Å². The summed E-state index contributed by atoms with van der Waals surface area (Å²) in [6.45, 7) is 5.98. The van der Waals surface area contributed by atoms with Gasteiger partial charge in [-0.3, -0.25) is 9.59 Å². The third-order valence-corrected chi connectivity index (χ3v) is 4.50. The molecule has 2 aromatic carbocycles. The number of para-hydroxylation sites is 1. The lowest BCUT2D eigenvalue weighted by molar-refractivity contribution is 0.0954. The maximum atomic E-state index is 13.9. The second-order valence-electron chi connectivity index (χ2n) is 7.14. The predicted octanol–water partition coefficient (Wildman–Crippen LogP) is 3.87. The molecule has 0 saturated heterocycles. The van der Waals surface area contributed by atoms with Gasteiger partial charge in [0.15, 0.2) is 5.82 Å². The lowest BCUT2D eigenvalue weighted by Crippen LogP contribution is -2.27. The minimum Gasteiger partial charge on any atom is -0.351 e. The van der Waals surface area contributed by atoms with E-state index >= 15 is 0 Å². The molecule has 0 aliphatic heterocycles. The maximum Gasteiger partial charge on any atom is 0.258 e. The lowest BCUT2D eigenvalue weighted by atomic mass is 10.1. The fraction of sp³-hybridized carbons (Fsp3) is 0.273. The normalized spacial score (nSPS) is 10.8. The van der Waals surface area contributed by atoms with Crippen LogP contribution in [0, 0.1) is 12.7 Å². The number of amides is 2. The van der Waals surface area contributed by atoms with Gasteiger partial charge in [-0.2, -0.15) is 4.98 Å². The Balaban J connectivity index is 1.69. The Hall–Kier alpha value is -3.55. The number of hydrogen-bond acceptors (Lipinski definition) is 5. The minimum atomic E-state index is -0.630. The second-order valence-corrected chi connectivity index (χ2v) is 7.14. The molecule has 0 unspecified atom stereocenters. The van der Waals surface area contributed by atoms with Gasteiger partial charge in [-0.15, -0.1) is 0 Å². The highest BCUT2D eigenvalue weighted by Gasteiger charge is 2.18. The van der Waals surface area contributed by atoms with Crippen LogP contribution < -0.4 is 10.6 Å². The maximum absolute atomic E-state index is 13.9. The van der Waals surface area contributed by atoms with E-state index in [1.165, 1.54) is 18.2 Å². The van der Waals surface area contributed by atoms with E-state index in [1.807, 2.05) is 13.8 Å². The Morgan fingerprint density at radius 2 is 1.80 bits per heavy atom. The molecule has 0 radical (unpaired) electrons. The van der Waals surface area contributed by atoms with Gasteiger partial charge in [0, 0.05) is 18.9 Å². The number of hydrogen-bond donors (Lipinski definition) is 2. The highest BCUT2D eigenvalue weighted by Crippen LogP contribution is 2.22. The van der Waals surface area contributed by atoms with Crippen LogP contribution >= 0.6 is 0 Å². The standard InChI is InChI=1S/C22H23FN4O3/c1-13(2)20-25-18(30-27-20)11-12-24-21(28)16-9-6-7-14(3)19(16)26-22(29)15-8-4-5-10-17(15)23/h4-10,13H,11-12H2,1-3H3,(H,24,28)(H,26,29). The number of carbonyl (C=O) groups is 2. The largest absolute Gasteiger partial charge is 0.351 e. The van der Waals surface area contributed by atoms with Crippen LogP contribution in [0.1, 0.15) is 57.8 Å². The molecule has 8 heteroatoms. The molecule has 3 rings (SSSR count). The molecule has 1 aromatic heterocycles. The number of carbonyl (C=O) groups excluding carboxylic acids is 2. The quantitative estimate of drug-likeness (QED) is 0.616. The minimum absolute atomic E-state index is 0.0931. The Bertz CT molecular complexity index is 1060. The van der Waals surface area contributed by atoms with E-state index in [2.05, 4.69) is 20.8 Å². The van der Waals surface area contributed by atoms with Crippen LogP contribution in [0.5, 0.6) is 0 Å². The van der Waals surface area contributed by atoms with E-state index in [0.717, 1.165) is 0 Å². The first-order valence-corrected chi connectivity index (χ1v) is 9.63. The number of anilines is 1. The first-order chi connectivity index (χ1) is 14.4. The lowest BCUT2D eigenvalue weighted by Gasteiger charge is -2.14. The Morgan fingerprint density at radius 1 is 1.07 bits per heavy atom. The molecule has 0 atom stereocenters. The molecule has 0 aliphatic rings. The smallest absolute Gasteiger partial charge is 0.258 e. The van der Waals surface area contributed by atoms with Gasteiger partial charge in [0.25, 0.3) is 11.8 Å². The fourth-order valence-electron chi connectivity index (χ4n) is 2.83. The molecule has 2 amide bonds. The summed E-state index contributed by atoms with van der Waals surface area (Å²) in [6, 6.07) is 10.8. The Morgan fingerprint density at radius 3 is 2.50 bits per heavy atom. The number of halogens is 1. The van der Waals surface area contributed by atoms with Crippen LogP contribution in [0.2, 0.25) is 0 Å². The third kappa shape index (κ3) is 4.89. The van der Waals surface area contributed by atoms with Crippen LogP contribution in [0.15, 0.2) is 47.0 Å². The van der Waals surface area contributed by atoms with Crippen LogP contribution in [-0.2, 0) is 6.42 Å². The van der Waals surface area contributed by atoms with Crippen molar-refractivity contribution in [3.05, 3.63) is 76.7 Å². The van der Waals surface area contributed by atoms with Crippen molar-refractivity contribution in [3.63, 3.8) is 0 Å². The summed E-state index contributed by atoms with van der Waals surface area (Å²) >= 11 is 0. The molecule has 3 aromatic rings. The zero-order chi connectivity index (χ0) is 21.7. The molecule has 1 heterocycles. The number of benzene rings is 2. The monoisotopic (exact) mass is 410 g/mol. The van der Waals surface area contributed by atoms with Gasteiger partial charge in [-0.1, -0.05) is 43.3 Å². The molecule has 0 spiro atoms. The predicted molar refractivity (Wildman–Crippen MR) is 110 cm³/mol. The first-order valence-electron chi connectivity index (χ1n) is 9.63. The van der Waals surface area contributed by atoms with Crippen molar-refractivity contribution in [3.8, 4) is 0 Å². The summed E-state index contributed by atoms with van der Waals surface area (Å²) in [7, 11) is 0. The fourth-order valence-corrected chi connectivity index (χ4v) is 2.83. The number of rotatable bonds is 7. The van der Waals surface area contributed by atoms with E-state index in [9.17, 15) is 14.0 Å². The second kappa shape index (κ2) is 9.30. The van der Waals surface area contributed by atoms with Gasteiger partial charge < -0.3 is 15.2 Å². The number of aromatic nitrogens is 2. The average Bonchev–Trinajstić information content (AvgIpc) is 3.19. The van der Waals surface area contributed by atoms with Gasteiger partial charge in [-0.05, 0) is 30.7 Å². The van der Waals surface area contributed by atoms with E-state index in [0.29, 0.717) is 29.4 Å². The van der Waals surface area contributed by atoms with Crippen molar-refractivity contribution in [1.82, 2.24) is 15.5 Å². The van der Waals surface area contributed by atoms with Gasteiger partial charge >= 0.3 is 0 Å². The number of aryl methyl sites for hydroxylation is 1. The SMILES string of the molecule is Cc1cccc(C(=O)NCCc2nc(C(C)C)no2)c1NC(=O)c1ccccc1F. The Labute approximate surface area is 173 Å². The molecule has 0 fully saturated rings. The highest BCUT2D eigenvalue weighted by molar-refractivity contribution is 6.09. The zero-order valence-electron chi connectivity index (χ0n) is 17.0. The van der Waals surface area contributed by atoms with Crippen molar-refractivity contribution >= 4 is 17.5 Å². The van der Waals surface area contributed by atoms with Gasteiger partial charge in [0.1, 0.15) is 5.82 Å².